The summed E-state index contributed by atoms with van der Waals surface area (Å²) in [6.07, 6.45) is 1.17. The molecule has 13 heteroatoms. The highest BCUT2D eigenvalue weighted by molar-refractivity contribution is 5.89. The Labute approximate surface area is 294 Å². The van der Waals surface area contributed by atoms with Gasteiger partial charge in [0.25, 0.3) is 0 Å². The largest absolute Gasteiger partial charge is 0.508 e. The van der Waals surface area contributed by atoms with E-state index < -0.39 is 46.7 Å². The number of aromatic hydroxyl groups is 1. The second kappa shape index (κ2) is 15.5. The van der Waals surface area contributed by atoms with Crippen molar-refractivity contribution in [2.45, 2.75) is 70.4 Å². The average Bonchev–Trinajstić information content (AvgIpc) is 3.12. The Morgan fingerprint density at radius 1 is 0.941 bits per heavy atom. The maximum atomic E-state index is 17.0. The summed E-state index contributed by atoms with van der Waals surface area (Å²) in [7, 11) is 0. The number of ether oxygens (including phenoxy) is 2. The van der Waals surface area contributed by atoms with E-state index in [1.165, 1.54) is 48.7 Å². The smallest absolute Gasteiger partial charge is 0.408 e. The third kappa shape index (κ3) is 7.63. The number of pyridine rings is 1. The molecule has 0 spiro atoms. The Hall–Kier alpha value is -5.56. The van der Waals surface area contributed by atoms with Crippen molar-refractivity contribution in [1.29, 1.82) is 0 Å². The molecular weight excluding hydrogens is 662 g/mol. The number of carbonyl (C=O) groups is 3. The first kappa shape index (κ1) is 36.7. The van der Waals surface area contributed by atoms with Crippen LogP contribution in [0.25, 0.3) is 0 Å². The van der Waals surface area contributed by atoms with E-state index in [2.05, 4.69) is 15.6 Å². The van der Waals surface area contributed by atoms with E-state index in [0.717, 1.165) is 0 Å². The zero-order valence-electron chi connectivity index (χ0n) is 28.5. The zero-order valence-corrected chi connectivity index (χ0v) is 28.5. The number of fused-ring (bicyclic) bond motifs is 1. The number of rotatable bonds is 12. The standard InChI is InChI=1S/C38H40F2N4O7/c1-4-5-19-32(46)42-37(28-15-10-17-30(22-28)49-24-27-14-9-16-29(45)21-27)33-31(18-11-20-41-33)36(25(2)3,34(47)51-44-38(37,39)40)43-35(48)50-23-26-12-7-6-8-13-26/h6-18,20-22,25,44-45H,4-5,19,23-24H2,1-3H3,(H,42,46)(H,43,48)/t36-,37?/m0/s1. The summed E-state index contributed by atoms with van der Waals surface area (Å²) in [5.74, 6) is -2.61. The molecule has 0 saturated carbocycles. The summed E-state index contributed by atoms with van der Waals surface area (Å²) >= 11 is 0. The van der Waals surface area contributed by atoms with Gasteiger partial charge in [-0.1, -0.05) is 93.3 Å². The van der Waals surface area contributed by atoms with Gasteiger partial charge in [0.1, 0.15) is 24.7 Å². The quantitative estimate of drug-likeness (QED) is 0.124. The predicted molar refractivity (Wildman–Crippen MR) is 182 cm³/mol. The van der Waals surface area contributed by atoms with E-state index in [4.69, 9.17) is 14.3 Å². The average molecular weight is 703 g/mol. The number of aromatic nitrogens is 1. The Kier molecular flexibility index (Phi) is 11.2. The molecule has 1 unspecified atom stereocenters. The van der Waals surface area contributed by atoms with E-state index in [0.29, 0.717) is 24.0 Å². The SMILES string of the molecule is CCCCC(=O)NC1(c2cccc(OCc3cccc(O)c3)c2)c2ncccc2[C@@](NC(=O)OCc2ccccc2)(C(C)C)C(=O)ONC1(F)F. The van der Waals surface area contributed by atoms with Crippen LogP contribution >= 0.6 is 0 Å². The van der Waals surface area contributed by atoms with Gasteiger partial charge in [0.05, 0.1) is 5.69 Å². The van der Waals surface area contributed by atoms with Crippen LogP contribution in [0.5, 0.6) is 11.5 Å². The first-order chi connectivity index (χ1) is 24.4. The fourth-order valence-electron chi connectivity index (χ4n) is 6.05. The van der Waals surface area contributed by atoms with Crippen molar-refractivity contribution in [3.8, 4) is 11.5 Å². The van der Waals surface area contributed by atoms with Crippen LogP contribution in [0.15, 0.2) is 97.2 Å². The highest BCUT2D eigenvalue weighted by Gasteiger charge is 2.65. The molecule has 51 heavy (non-hydrogen) atoms. The fraction of sp³-hybridized carbons (Fsp3) is 0.316. The second-order valence-corrected chi connectivity index (χ2v) is 12.5. The first-order valence-electron chi connectivity index (χ1n) is 16.6. The fourth-order valence-corrected chi connectivity index (χ4v) is 6.05. The van der Waals surface area contributed by atoms with Crippen molar-refractivity contribution < 1.29 is 42.6 Å². The zero-order chi connectivity index (χ0) is 36.6. The molecular formula is C38H40F2N4O7. The Morgan fingerprint density at radius 3 is 2.41 bits per heavy atom. The monoisotopic (exact) mass is 702 g/mol. The van der Waals surface area contributed by atoms with Gasteiger partial charge in [-0.15, -0.1) is 0 Å². The number of hydroxylamine groups is 1. The normalized spacial score (nSPS) is 19.5. The number of unbranched alkanes of at least 4 members (excludes halogenated alkanes) is 1. The summed E-state index contributed by atoms with van der Waals surface area (Å²) in [4.78, 5) is 50.5. The van der Waals surface area contributed by atoms with Crippen LogP contribution in [0.1, 0.15) is 68.0 Å². The summed E-state index contributed by atoms with van der Waals surface area (Å²) in [6, 6.07) is 19.5. The van der Waals surface area contributed by atoms with Gasteiger partial charge < -0.3 is 30.1 Å². The summed E-state index contributed by atoms with van der Waals surface area (Å²) < 4.78 is 45.4. The van der Waals surface area contributed by atoms with Crippen LogP contribution in [0.4, 0.5) is 13.6 Å². The van der Waals surface area contributed by atoms with Crippen molar-refractivity contribution in [2.75, 3.05) is 0 Å². The van der Waals surface area contributed by atoms with Crippen molar-refractivity contribution in [3.05, 3.63) is 125 Å². The molecule has 1 aliphatic heterocycles. The van der Waals surface area contributed by atoms with Crippen molar-refractivity contribution in [1.82, 2.24) is 21.1 Å². The molecule has 0 aliphatic carbocycles. The topological polar surface area (TPSA) is 148 Å². The minimum atomic E-state index is -4.23. The first-order valence-corrected chi connectivity index (χ1v) is 16.6. The molecule has 11 nitrogen and oxygen atoms in total. The highest BCUT2D eigenvalue weighted by atomic mass is 19.3. The van der Waals surface area contributed by atoms with Crippen molar-refractivity contribution in [3.63, 3.8) is 0 Å². The van der Waals surface area contributed by atoms with Gasteiger partial charge in [-0.25, -0.2) is 9.59 Å². The van der Waals surface area contributed by atoms with Gasteiger partial charge >= 0.3 is 18.1 Å². The predicted octanol–water partition coefficient (Wildman–Crippen LogP) is 6.35. The van der Waals surface area contributed by atoms with Crippen molar-refractivity contribution >= 4 is 18.0 Å². The molecule has 2 amide bonds. The number of hydrogen-bond acceptors (Lipinski definition) is 9. The number of phenolic OH excluding ortho intramolecular Hbond substituents is 1. The van der Waals surface area contributed by atoms with Gasteiger partial charge in [0.2, 0.25) is 5.91 Å². The lowest BCUT2D eigenvalue weighted by Crippen LogP contribution is -2.69. The molecule has 3 aromatic carbocycles. The van der Waals surface area contributed by atoms with Gasteiger partial charge in [-0.2, -0.15) is 8.78 Å². The minimum Gasteiger partial charge on any atom is -0.508 e. The maximum Gasteiger partial charge on any atom is 0.408 e. The molecule has 4 aromatic rings. The molecule has 4 N–H and O–H groups in total. The number of halogens is 2. The number of phenols is 1. The number of carbonyl (C=O) groups excluding carboxylic acids is 3. The maximum absolute atomic E-state index is 17.0. The van der Waals surface area contributed by atoms with E-state index in [-0.39, 0.29) is 42.3 Å². The lowest BCUT2D eigenvalue weighted by Gasteiger charge is -2.46. The van der Waals surface area contributed by atoms with Gasteiger partial charge in [-0.3, -0.25) is 9.78 Å². The third-order valence-electron chi connectivity index (χ3n) is 8.70. The molecule has 5 rings (SSSR count). The van der Waals surface area contributed by atoms with Gasteiger partial charge in [0, 0.05) is 18.2 Å². The lowest BCUT2D eigenvalue weighted by molar-refractivity contribution is -0.216. The Morgan fingerprint density at radius 2 is 1.69 bits per heavy atom. The van der Waals surface area contributed by atoms with Crippen LogP contribution in [-0.4, -0.2) is 34.1 Å². The van der Waals surface area contributed by atoms with Crippen LogP contribution in [-0.2, 0) is 43.5 Å². The van der Waals surface area contributed by atoms with E-state index in [1.54, 1.807) is 67.9 Å². The van der Waals surface area contributed by atoms with Crippen LogP contribution in [0.3, 0.4) is 0 Å². The summed E-state index contributed by atoms with van der Waals surface area (Å²) in [6.45, 7) is 4.91. The van der Waals surface area contributed by atoms with E-state index in [9.17, 15) is 19.5 Å². The molecule has 0 radical (unpaired) electrons. The number of nitrogens with one attached hydrogen (secondary N) is 3. The van der Waals surface area contributed by atoms with Crippen LogP contribution < -0.4 is 20.9 Å². The molecule has 0 fully saturated rings. The minimum absolute atomic E-state index is 0.0136. The number of amides is 2. The number of alkyl halides is 2. The van der Waals surface area contributed by atoms with Crippen LogP contribution in [0.2, 0.25) is 0 Å². The Bertz CT molecular complexity index is 1860. The van der Waals surface area contributed by atoms with Crippen LogP contribution in [0, 0.1) is 5.92 Å². The number of alkyl carbamates (subject to hydrolysis) is 1. The molecule has 2 heterocycles. The third-order valence-corrected chi connectivity index (χ3v) is 8.70. The highest BCUT2D eigenvalue weighted by Crippen LogP contribution is 2.48. The molecule has 268 valence electrons. The van der Waals surface area contributed by atoms with Gasteiger partial charge in [0.15, 0.2) is 11.1 Å². The summed E-state index contributed by atoms with van der Waals surface area (Å²) in [5.41, 5.74) is -2.78. The molecule has 0 saturated heterocycles. The second-order valence-electron chi connectivity index (χ2n) is 12.5. The Balaban J connectivity index is 1.67. The number of benzene rings is 3. The summed E-state index contributed by atoms with van der Waals surface area (Å²) in [5, 5.41) is 15.1. The molecule has 2 atom stereocenters. The van der Waals surface area contributed by atoms with E-state index in [1.807, 2.05) is 6.92 Å². The lowest BCUT2D eigenvalue weighted by atomic mass is 9.72. The molecule has 1 aliphatic rings. The number of nitrogens with zero attached hydrogens (tertiary/aromatic N) is 1. The van der Waals surface area contributed by atoms with Gasteiger partial charge in [-0.05, 0) is 59.4 Å². The van der Waals surface area contributed by atoms with Crippen molar-refractivity contribution in [2.24, 2.45) is 5.92 Å². The molecule has 1 aromatic heterocycles. The number of hydrogen-bond donors (Lipinski definition) is 4. The molecule has 0 bridgehead atoms. The van der Waals surface area contributed by atoms with E-state index >= 15 is 8.78 Å².